The minimum absolute atomic E-state index is 0.0198. The topological polar surface area (TPSA) is 94.5 Å². The van der Waals surface area contributed by atoms with Gasteiger partial charge in [-0.25, -0.2) is 0 Å². The Bertz CT molecular complexity index is 685. The molecule has 0 spiro atoms. The zero-order valence-electron chi connectivity index (χ0n) is 13.1. The van der Waals surface area contributed by atoms with Gasteiger partial charge in [-0.3, -0.25) is 9.69 Å². The van der Waals surface area contributed by atoms with E-state index in [1.807, 2.05) is 25.1 Å². The molecule has 1 aliphatic rings. The summed E-state index contributed by atoms with van der Waals surface area (Å²) in [5.74, 6) is 0.589. The molecule has 0 aliphatic carbocycles. The van der Waals surface area contributed by atoms with Crippen LogP contribution >= 0.6 is 0 Å². The lowest BCUT2D eigenvalue weighted by Gasteiger charge is -2.21. The van der Waals surface area contributed by atoms with E-state index in [4.69, 9.17) is 15.0 Å². The standard InChI is InChI=1S/C16H20N4O3/c1-2-22-12-6-3-5-11(9-12)10-20-8-4-7-13(20)16-18-15(14(17)21)19-23-16/h3,5-6,9,13H,2,4,7-8,10H2,1H3,(H2,17,21)/t13-/m1/s1. The van der Waals surface area contributed by atoms with Gasteiger partial charge in [-0.1, -0.05) is 17.3 Å². The first-order chi connectivity index (χ1) is 11.2. The third-order valence-electron chi connectivity index (χ3n) is 3.91. The molecule has 1 fully saturated rings. The molecule has 1 aromatic heterocycles. The second-order valence-corrected chi connectivity index (χ2v) is 5.53. The van der Waals surface area contributed by atoms with Crippen molar-refractivity contribution in [2.75, 3.05) is 13.2 Å². The summed E-state index contributed by atoms with van der Waals surface area (Å²) >= 11 is 0. The minimum Gasteiger partial charge on any atom is -0.494 e. The number of nitrogens with zero attached hydrogens (tertiary/aromatic N) is 3. The van der Waals surface area contributed by atoms with Crippen LogP contribution in [0.4, 0.5) is 0 Å². The zero-order chi connectivity index (χ0) is 16.2. The van der Waals surface area contributed by atoms with E-state index < -0.39 is 5.91 Å². The van der Waals surface area contributed by atoms with E-state index in [9.17, 15) is 4.79 Å². The SMILES string of the molecule is CCOc1cccc(CN2CCC[C@@H]2c2nc(C(N)=O)no2)c1. The zero-order valence-corrected chi connectivity index (χ0v) is 13.1. The van der Waals surface area contributed by atoms with Gasteiger partial charge in [0.25, 0.3) is 11.7 Å². The number of benzene rings is 1. The van der Waals surface area contributed by atoms with Crippen LogP contribution in [0.1, 0.15) is 47.9 Å². The first kappa shape index (κ1) is 15.5. The lowest BCUT2D eigenvalue weighted by atomic mass is 10.1. The molecular formula is C16H20N4O3. The highest BCUT2D eigenvalue weighted by atomic mass is 16.5. The molecule has 1 atom stereocenters. The Morgan fingerprint density at radius 2 is 2.39 bits per heavy atom. The van der Waals surface area contributed by atoms with Crippen molar-refractivity contribution in [3.05, 3.63) is 41.5 Å². The summed E-state index contributed by atoms with van der Waals surface area (Å²) in [7, 11) is 0. The molecule has 0 bridgehead atoms. The molecule has 0 saturated carbocycles. The molecule has 1 aromatic carbocycles. The maximum absolute atomic E-state index is 11.1. The Morgan fingerprint density at radius 3 is 3.13 bits per heavy atom. The average molecular weight is 316 g/mol. The molecular weight excluding hydrogens is 296 g/mol. The first-order valence-electron chi connectivity index (χ1n) is 7.76. The van der Waals surface area contributed by atoms with Crippen molar-refractivity contribution in [2.45, 2.75) is 32.4 Å². The van der Waals surface area contributed by atoms with Crippen molar-refractivity contribution in [3.8, 4) is 5.75 Å². The van der Waals surface area contributed by atoms with E-state index in [2.05, 4.69) is 21.1 Å². The lowest BCUT2D eigenvalue weighted by Crippen LogP contribution is -2.23. The fourth-order valence-electron chi connectivity index (χ4n) is 2.90. The Labute approximate surface area is 134 Å². The number of ether oxygens (including phenoxy) is 1. The molecule has 2 N–H and O–H groups in total. The van der Waals surface area contributed by atoms with Crippen molar-refractivity contribution in [2.24, 2.45) is 5.73 Å². The monoisotopic (exact) mass is 316 g/mol. The molecule has 2 aromatic rings. The van der Waals surface area contributed by atoms with E-state index in [0.717, 1.165) is 37.2 Å². The predicted molar refractivity (Wildman–Crippen MR) is 82.8 cm³/mol. The van der Waals surface area contributed by atoms with Gasteiger partial charge in [-0.05, 0) is 44.0 Å². The molecule has 2 heterocycles. The van der Waals surface area contributed by atoms with Crippen molar-refractivity contribution < 1.29 is 14.1 Å². The molecule has 23 heavy (non-hydrogen) atoms. The number of amides is 1. The van der Waals surface area contributed by atoms with Gasteiger partial charge in [0.15, 0.2) is 0 Å². The van der Waals surface area contributed by atoms with E-state index in [1.54, 1.807) is 0 Å². The number of carbonyl (C=O) groups excluding carboxylic acids is 1. The maximum Gasteiger partial charge on any atom is 0.290 e. The van der Waals surface area contributed by atoms with Gasteiger partial charge in [0, 0.05) is 6.54 Å². The van der Waals surface area contributed by atoms with Crippen LogP contribution in [0.25, 0.3) is 0 Å². The molecule has 0 radical (unpaired) electrons. The molecule has 1 saturated heterocycles. The van der Waals surface area contributed by atoms with Crippen LogP contribution in [0, 0.1) is 0 Å². The van der Waals surface area contributed by atoms with Crippen LogP contribution in [0.2, 0.25) is 0 Å². The van der Waals surface area contributed by atoms with Crippen LogP contribution in [0.15, 0.2) is 28.8 Å². The number of hydrogen-bond acceptors (Lipinski definition) is 6. The summed E-state index contributed by atoms with van der Waals surface area (Å²) in [6, 6.07) is 8.07. The van der Waals surface area contributed by atoms with Crippen LogP contribution in [0.5, 0.6) is 5.75 Å². The molecule has 1 amide bonds. The average Bonchev–Trinajstić information content (AvgIpc) is 3.16. The highest BCUT2D eigenvalue weighted by Gasteiger charge is 2.31. The van der Waals surface area contributed by atoms with Crippen molar-refractivity contribution in [1.29, 1.82) is 0 Å². The van der Waals surface area contributed by atoms with Crippen molar-refractivity contribution >= 4 is 5.91 Å². The van der Waals surface area contributed by atoms with E-state index in [-0.39, 0.29) is 11.9 Å². The highest BCUT2D eigenvalue weighted by molar-refractivity contribution is 5.88. The van der Waals surface area contributed by atoms with E-state index in [1.165, 1.54) is 0 Å². The smallest absolute Gasteiger partial charge is 0.290 e. The molecule has 3 rings (SSSR count). The molecule has 7 nitrogen and oxygen atoms in total. The van der Waals surface area contributed by atoms with Gasteiger partial charge in [0.1, 0.15) is 5.75 Å². The molecule has 1 aliphatic heterocycles. The van der Waals surface area contributed by atoms with Gasteiger partial charge in [-0.15, -0.1) is 0 Å². The van der Waals surface area contributed by atoms with Crippen molar-refractivity contribution in [1.82, 2.24) is 15.0 Å². The quantitative estimate of drug-likeness (QED) is 0.874. The van der Waals surface area contributed by atoms with Gasteiger partial charge in [-0.2, -0.15) is 4.98 Å². The number of aromatic nitrogens is 2. The fourth-order valence-corrected chi connectivity index (χ4v) is 2.90. The summed E-state index contributed by atoms with van der Waals surface area (Å²) in [4.78, 5) is 17.5. The van der Waals surface area contributed by atoms with Crippen LogP contribution in [-0.2, 0) is 6.54 Å². The van der Waals surface area contributed by atoms with Gasteiger partial charge in [0.2, 0.25) is 5.89 Å². The number of carbonyl (C=O) groups is 1. The summed E-state index contributed by atoms with van der Waals surface area (Å²) in [6.45, 7) is 4.32. The number of rotatable bonds is 6. The predicted octanol–water partition coefficient (Wildman–Crippen LogP) is 1.90. The number of nitrogens with two attached hydrogens (primary N) is 1. The van der Waals surface area contributed by atoms with E-state index >= 15 is 0 Å². The van der Waals surface area contributed by atoms with Gasteiger partial charge < -0.3 is 15.0 Å². The Kier molecular flexibility index (Phi) is 4.57. The molecule has 0 unspecified atom stereocenters. The number of likely N-dealkylation sites (tertiary alicyclic amines) is 1. The largest absolute Gasteiger partial charge is 0.494 e. The maximum atomic E-state index is 11.1. The number of hydrogen-bond donors (Lipinski definition) is 1. The minimum atomic E-state index is -0.672. The normalized spacial score (nSPS) is 18.2. The van der Waals surface area contributed by atoms with Gasteiger partial charge >= 0.3 is 0 Å². The summed E-state index contributed by atoms with van der Waals surface area (Å²) in [5, 5.41) is 3.63. The van der Waals surface area contributed by atoms with Crippen LogP contribution in [-0.4, -0.2) is 34.1 Å². The Balaban J connectivity index is 1.73. The fraction of sp³-hybridized carbons (Fsp3) is 0.438. The second-order valence-electron chi connectivity index (χ2n) is 5.53. The van der Waals surface area contributed by atoms with Gasteiger partial charge in [0.05, 0.1) is 12.6 Å². The second kappa shape index (κ2) is 6.78. The lowest BCUT2D eigenvalue weighted by molar-refractivity contribution is 0.0987. The summed E-state index contributed by atoms with van der Waals surface area (Å²) < 4.78 is 10.8. The van der Waals surface area contributed by atoms with Crippen LogP contribution < -0.4 is 10.5 Å². The third kappa shape index (κ3) is 3.50. The third-order valence-corrected chi connectivity index (χ3v) is 3.91. The summed E-state index contributed by atoms with van der Waals surface area (Å²) in [6.07, 6.45) is 1.97. The Morgan fingerprint density at radius 1 is 1.52 bits per heavy atom. The van der Waals surface area contributed by atoms with E-state index in [0.29, 0.717) is 12.5 Å². The molecule has 7 heteroatoms. The molecule has 122 valence electrons. The first-order valence-corrected chi connectivity index (χ1v) is 7.76. The van der Waals surface area contributed by atoms with Crippen molar-refractivity contribution in [3.63, 3.8) is 0 Å². The number of primary amides is 1. The Hall–Kier alpha value is -2.41. The summed E-state index contributed by atoms with van der Waals surface area (Å²) in [5.41, 5.74) is 6.34. The van der Waals surface area contributed by atoms with Crippen LogP contribution in [0.3, 0.4) is 0 Å². The highest BCUT2D eigenvalue weighted by Crippen LogP contribution is 2.32.